The van der Waals surface area contributed by atoms with E-state index in [1.165, 1.54) is 20.1 Å². The summed E-state index contributed by atoms with van der Waals surface area (Å²) in [4.78, 5) is 25.1. The molecule has 2 aromatic carbocycles. The molecule has 0 saturated heterocycles. The van der Waals surface area contributed by atoms with E-state index in [4.69, 9.17) is 13.9 Å². The van der Waals surface area contributed by atoms with Gasteiger partial charge in [-0.05, 0) is 13.8 Å². The predicted octanol–water partition coefficient (Wildman–Crippen LogP) is 3.75. The molecule has 1 heterocycles. The van der Waals surface area contributed by atoms with Gasteiger partial charge in [-0.25, -0.2) is 4.79 Å². The molecule has 0 unspecified atom stereocenters. The van der Waals surface area contributed by atoms with Gasteiger partial charge >= 0.3 is 5.97 Å². The van der Waals surface area contributed by atoms with Crippen molar-refractivity contribution in [3.63, 3.8) is 0 Å². The molecule has 7 nitrogen and oxygen atoms in total. The van der Waals surface area contributed by atoms with Gasteiger partial charge in [0, 0.05) is 17.2 Å². The van der Waals surface area contributed by atoms with E-state index in [0.717, 1.165) is 6.07 Å². The van der Waals surface area contributed by atoms with Gasteiger partial charge in [-0.3, -0.25) is 4.79 Å². The van der Waals surface area contributed by atoms with Crippen molar-refractivity contribution < 1.29 is 28.9 Å². The van der Waals surface area contributed by atoms with Gasteiger partial charge in [0.05, 0.1) is 7.11 Å². The number of carbonyl (C=O) groups is 1. The van der Waals surface area contributed by atoms with E-state index in [0.29, 0.717) is 11.1 Å². The highest BCUT2D eigenvalue weighted by Crippen LogP contribution is 2.43. The number of allylic oxidation sites excluding steroid dienone is 1. The Balaban J connectivity index is 2.38. The molecule has 7 heteroatoms. The van der Waals surface area contributed by atoms with E-state index >= 15 is 0 Å². The lowest BCUT2D eigenvalue weighted by Gasteiger charge is -2.13. The molecule has 2 N–H and O–H groups in total. The summed E-state index contributed by atoms with van der Waals surface area (Å²) in [5, 5.41) is 20.2. The lowest BCUT2D eigenvalue weighted by atomic mass is 10.1. The number of aromatic hydroxyl groups is 2. The summed E-state index contributed by atoms with van der Waals surface area (Å²) >= 11 is 0. The number of carbonyl (C=O) groups excluding carboxylic acids is 1. The first-order valence-electron chi connectivity index (χ1n) is 8.39. The molecule has 0 aliphatic rings. The molecule has 3 rings (SSSR count). The van der Waals surface area contributed by atoms with Crippen molar-refractivity contribution in [2.24, 2.45) is 0 Å². The minimum atomic E-state index is -0.732. The number of phenolic OH excluding ortho intramolecular Hbond substituents is 2. The zero-order valence-corrected chi connectivity index (χ0v) is 15.5. The number of ether oxygens (including phenoxy) is 2. The Kier molecular flexibility index (Phi) is 5.08. The summed E-state index contributed by atoms with van der Waals surface area (Å²) in [5.74, 6) is -2.22. The first-order chi connectivity index (χ1) is 13.4. The van der Waals surface area contributed by atoms with Crippen LogP contribution in [-0.4, -0.2) is 23.3 Å². The van der Waals surface area contributed by atoms with Crippen LogP contribution in [0.3, 0.4) is 0 Å². The highest BCUT2D eigenvalue weighted by molar-refractivity contribution is 5.97. The standard InChI is InChI=1S/C21H18O7/c1-4-11(2)21(25)28-18-14(23)10-13(22)15-16(24)20(26-3)17(27-19(15)18)12-8-6-5-7-9-12/h4-10,22-23H,1-3H3/b11-4+. The Hall–Kier alpha value is -3.74. The minimum Gasteiger partial charge on any atom is -0.507 e. The molecule has 144 valence electrons. The summed E-state index contributed by atoms with van der Waals surface area (Å²) in [6, 6.07) is 9.59. The van der Waals surface area contributed by atoms with E-state index in [1.54, 1.807) is 37.3 Å². The van der Waals surface area contributed by atoms with E-state index in [2.05, 4.69) is 0 Å². The lowest BCUT2D eigenvalue weighted by molar-refractivity contribution is -0.130. The van der Waals surface area contributed by atoms with Crippen molar-refractivity contribution in [3.05, 3.63) is 58.3 Å². The van der Waals surface area contributed by atoms with Crippen molar-refractivity contribution in [1.82, 2.24) is 0 Å². The fourth-order valence-electron chi connectivity index (χ4n) is 2.65. The lowest BCUT2D eigenvalue weighted by Crippen LogP contribution is -2.12. The van der Waals surface area contributed by atoms with Crippen LogP contribution in [0.5, 0.6) is 23.0 Å². The van der Waals surface area contributed by atoms with Crippen LogP contribution in [0.25, 0.3) is 22.3 Å². The van der Waals surface area contributed by atoms with Gasteiger partial charge in [0.25, 0.3) is 0 Å². The molecule has 0 atom stereocenters. The van der Waals surface area contributed by atoms with Gasteiger partial charge < -0.3 is 24.1 Å². The number of fused-ring (bicyclic) bond motifs is 1. The minimum absolute atomic E-state index is 0.0747. The molecule has 1 aromatic heterocycles. The fourth-order valence-corrected chi connectivity index (χ4v) is 2.65. The maximum absolute atomic E-state index is 12.9. The Bertz CT molecular complexity index is 1140. The molecule has 28 heavy (non-hydrogen) atoms. The first kappa shape index (κ1) is 19.0. The Labute approximate surface area is 160 Å². The third-order valence-electron chi connectivity index (χ3n) is 4.23. The molecule has 0 bridgehead atoms. The van der Waals surface area contributed by atoms with Gasteiger partial charge in [-0.15, -0.1) is 0 Å². The number of hydrogen-bond acceptors (Lipinski definition) is 7. The van der Waals surface area contributed by atoms with Crippen LogP contribution in [0.1, 0.15) is 13.8 Å². The summed E-state index contributed by atoms with van der Waals surface area (Å²) in [5.41, 5.74) is -0.109. The molecule has 0 amide bonds. The van der Waals surface area contributed by atoms with Crippen molar-refractivity contribution in [3.8, 4) is 34.3 Å². The zero-order chi connectivity index (χ0) is 20.4. The largest absolute Gasteiger partial charge is 0.507 e. The number of esters is 1. The Morgan fingerprint density at radius 2 is 1.79 bits per heavy atom. The average molecular weight is 382 g/mol. The molecule has 0 aliphatic carbocycles. The Morgan fingerprint density at radius 1 is 1.11 bits per heavy atom. The van der Waals surface area contributed by atoms with Gasteiger partial charge in [0.1, 0.15) is 11.1 Å². The van der Waals surface area contributed by atoms with E-state index < -0.39 is 22.9 Å². The SMILES string of the molecule is C/C=C(\C)C(=O)Oc1c(O)cc(O)c2c(=O)c(OC)c(-c3ccccc3)oc12. The van der Waals surface area contributed by atoms with Crippen molar-refractivity contribution >= 4 is 16.9 Å². The quantitative estimate of drug-likeness (QED) is 0.402. The zero-order valence-electron chi connectivity index (χ0n) is 15.5. The van der Waals surface area contributed by atoms with Crippen LogP contribution in [0, 0.1) is 0 Å². The van der Waals surface area contributed by atoms with E-state index in [-0.39, 0.29) is 28.2 Å². The number of methoxy groups -OCH3 is 1. The summed E-state index contributed by atoms with van der Waals surface area (Å²) in [6.45, 7) is 3.19. The molecular weight excluding hydrogens is 364 g/mol. The average Bonchev–Trinajstić information content (AvgIpc) is 2.70. The summed E-state index contributed by atoms with van der Waals surface area (Å²) in [6.07, 6.45) is 1.54. The number of benzene rings is 2. The van der Waals surface area contributed by atoms with Gasteiger partial charge in [-0.1, -0.05) is 36.4 Å². The monoisotopic (exact) mass is 382 g/mol. The molecule has 0 radical (unpaired) electrons. The second kappa shape index (κ2) is 7.48. The van der Waals surface area contributed by atoms with Crippen LogP contribution < -0.4 is 14.9 Å². The smallest absolute Gasteiger partial charge is 0.339 e. The molecular formula is C21H18O7. The topological polar surface area (TPSA) is 106 Å². The maximum atomic E-state index is 12.9. The van der Waals surface area contributed by atoms with Crippen LogP contribution in [0.15, 0.2) is 57.3 Å². The number of phenols is 2. The molecule has 0 aliphatic heterocycles. The van der Waals surface area contributed by atoms with Gasteiger partial charge in [0.15, 0.2) is 17.1 Å². The molecule has 3 aromatic rings. The molecule has 0 fully saturated rings. The van der Waals surface area contributed by atoms with Gasteiger partial charge in [-0.2, -0.15) is 0 Å². The highest BCUT2D eigenvalue weighted by Gasteiger charge is 2.25. The van der Waals surface area contributed by atoms with Gasteiger partial charge in [0.2, 0.25) is 16.9 Å². The number of hydrogen-bond donors (Lipinski definition) is 2. The number of rotatable bonds is 4. The predicted molar refractivity (Wildman–Crippen MR) is 103 cm³/mol. The normalized spacial score (nSPS) is 11.5. The first-order valence-corrected chi connectivity index (χ1v) is 8.39. The molecule has 0 saturated carbocycles. The van der Waals surface area contributed by atoms with Crippen LogP contribution in [0.4, 0.5) is 0 Å². The van der Waals surface area contributed by atoms with Crippen molar-refractivity contribution in [1.29, 1.82) is 0 Å². The van der Waals surface area contributed by atoms with Crippen LogP contribution >= 0.6 is 0 Å². The maximum Gasteiger partial charge on any atom is 0.339 e. The van der Waals surface area contributed by atoms with E-state index in [1.807, 2.05) is 0 Å². The van der Waals surface area contributed by atoms with Crippen LogP contribution in [0.2, 0.25) is 0 Å². The third kappa shape index (κ3) is 3.18. The molecule has 0 spiro atoms. The van der Waals surface area contributed by atoms with Crippen LogP contribution in [-0.2, 0) is 4.79 Å². The second-order valence-electron chi connectivity index (χ2n) is 5.97. The fraction of sp³-hybridized carbons (Fsp3) is 0.143. The third-order valence-corrected chi connectivity index (χ3v) is 4.23. The summed E-state index contributed by atoms with van der Waals surface area (Å²) < 4.78 is 16.3. The highest BCUT2D eigenvalue weighted by atomic mass is 16.5. The van der Waals surface area contributed by atoms with E-state index in [9.17, 15) is 19.8 Å². The summed E-state index contributed by atoms with van der Waals surface area (Å²) in [7, 11) is 1.30. The van der Waals surface area contributed by atoms with Crippen molar-refractivity contribution in [2.45, 2.75) is 13.8 Å². The van der Waals surface area contributed by atoms with Crippen molar-refractivity contribution in [2.75, 3.05) is 7.11 Å². The second-order valence-corrected chi connectivity index (χ2v) is 5.97. The Morgan fingerprint density at radius 3 is 2.39 bits per heavy atom.